The van der Waals surface area contributed by atoms with E-state index in [0.29, 0.717) is 16.7 Å². The fourth-order valence-corrected chi connectivity index (χ4v) is 3.87. The van der Waals surface area contributed by atoms with Crippen LogP contribution in [0.2, 0.25) is 5.02 Å². The topological polar surface area (TPSA) is 29.9 Å². The molecule has 1 atom stereocenters. The molecule has 0 radical (unpaired) electrons. The lowest BCUT2D eigenvalue weighted by Gasteiger charge is -2.21. The van der Waals surface area contributed by atoms with Gasteiger partial charge in [0.2, 0.25) is 0 Å². The second kappa shape index (κ2) is 4.78. The molecule has 0 aliphatic heterocycles. The molecule has 19 heavy (non-hydrogen) atoms. The molecule has 1 saturated carbocycles. The molecule has 1 fully saturated rings. The minimum atomic E-state index is 0.270. The lowest BCUT2D eigenvalue weighted by Crippen LogP contribution is -2.25. The maximum absolute atomic E-state index is 6.39. The molecule has 4 heteroatoms. The van der Waals surface area contributed by atoms with Crippen LogP contribution >= 0.6 is 11.6 Å². The van der Waals surface area contributed by atoms with Crippen molar-refractivity contribution in [2.24, 2.45) is 16.7 Å². The Morgan fingerprint density at radius 2 is 1.95 bits per heavy atom. The summed E-state index contributed by atoms with van der Waals surface area (Å²) in [4.78, 5) is 0. The van der Waals surface area contributed by atoms with Crippen molar-refractivity contribution in [1.82, 2.24) is 15.1 Å². The van der Waals surface area contributed by atoms with Crippen LogP contribution < -0.4 is 5.32 Å². The van der Waals surface area contributed by atoms with Gasteiger partial charge in [0.1, 0.15) is 0 Å². The monoisotopic (exact) mass is 283 g/mol. The highest BCUT2D eigenvalue weighted by Gasteiger charge is 2.67. The summed E-state index contributed by atoms with van der Waals surface area (Å²) in [7, 11) is 2.02. The Morgan fingerprint density at radius 3 is 2.37 bits per heavy atom. The zero-order valence-corrected chi connectivity index (χ0v) is 13.7. The lowest BCUT2D eigenvalue weighted by molar-refractivity contribution is 0.402. The Morgan fingerprint density at radius 1 is 1.37 bits per heavy atom. The van der Waals surface area contributed by atoms with E-state index in [2.05, 4.69) is 49.7 Å². The van der Waals surface area contributed by atoms with Gasteiger partial charge in [0, 0.05) is 6.54 Å². The van der Waals surface area contributed by atoms with Gasteiger partial charge in [-0.2, -0.15) is 5.10 Å². The fourth-order valence-electron chi connectivity index (χ4n) is 3.61. The van der Waals surface area contributed by atoms with Gasteiger partial charge >= 0.3 is 0 Å². The van der Waals surface area contributed by atoms with Gasteiger partial charge in [-0.25, -0.2) is 0 Å². The van der Waals surface area contributed by atoms with Crippen LogP contribution in [0.4, 0.5) is 0 Å². The van der Waals surface area contributed by atoms with Crippen LogP contribution in [0.1, 0.15) is 52.8 Å². The van der Waals surface area contributed by atoms with Crippen molar-refractivity contribution in [2.75, 3.05) is 7.05 Å². The van der Waals surface area contributed by atoms with Crippen molar-refractivity contribution in [3.8, 4) is 0 Å². The van der Waals surface area contributed by atoms with Gasteiger partial charge in [0.05, 0.1) is 23.0 Å². The average Bonchev–Trinajstić information content (AvgIpc) is 2.60. The Labute approximate surface area is 121 Å². The van der Waals surface area contributed by atoms with Crippen molar-refractivity contribution < 1.29 is 0 Å². The molecule has 1 unspecified atom stereocenters. The van der Waals surface area contributed by atoms with Crippen LogP contribution in [0.5, 0.6) is 0 Å². The predicted octanol–water partition coefficient (Wildman–Crippen LogP) is 3.89. The lowest BCUT2D eigenvalue weighted by atomic mass is 10.0. The SMILES string of the molecule is CCCn1ncc(Cl)c1C(NC)C1C(C)(C)C1(C)C. The number of aromatic nitrogens is 2. The molecule has 108 valence electrons. The fraction of sp³-hybridized carbons (Fsp3) is 0.800. The number of hydrogen-bond acceptors (Lipinski definition) is 2. The Kier molecular flexibility index (Phi) is 3.74. The van der Waals surface area contributed by atoms with Gasteiger partial charge in [-0.15, -0.1) is 0 Å². The third-order valence-electron chi connectivity index (χ3n) is 5.34. The maximum atomic E-state index is 6.39. The number of hydrogen-bond donors (Lipinski definition) is 1. The molecule has 1 heterocycles. The van der Waals surface area contributed by atoms with E-state index in [9.17, 15) is 0 Å². The van der Waals surface area contributed by atoms with Crippen LogP contribution in [-0.2, 0) is 6.54 Å². The number of aryl methyl sites for hydroxylation is 1. The first-order valence-electron chi connectivity index (χ1n) is 7.17. The Balaban J connectivity index is 2.37. The zero-order chi connectivity index (χ0) is 14.4. The number of nitrogens with zero attached hydrogens (tertiary/aromatic N) is 2. The first-order valence-corrected chi connectivity index (χ1v) is 7.55. The highest BCUT2D eigenvalue weighted by molar-refractivity contribution is 6.31. The first-order chi connectivity index (χ1) is 8.79. The van der Waals surface area contributed by atoms with Gasteiger partial charge < -0.3 is 5.32 Å². The molecule has 1 aliphatic rings. The smallest absolute Gasteiger partial charge is 0.0834 e. The summed E-state index contributed by atoms with van der Waals surface area (Å²) < 4.78 is 2.06. The molecule has 1 N–H and O–H groups in total. The van der Waals surface area contributed by atoms with Crippen molar-refractivity contribution in [3.63, 3.8) is 0 Å². The Bertz CT molecular complexity index is 448. The number of nitrogens with one attached hydrogen (secondary N) is 1. The van der Waals surface area contributed by atoms with E-state index in [1.807, 2.05) is 7.05 Å². The van der Waals surface area contributed by atoms with E-state index in [1.165, 1.54) is 0 Å². The average molecular weight is 284 g/mol. The van der Waals surface area contributed by atoms with Crippen molar-refractivity contribution in [2.45, 2.75) is 53.6 Å². The third-order valence-corrected chi connectivity index (χ3v) is 5.63. The van der Waals surface area contributed by atoms with Crippen molar-refractivity contribution >= 4 is 11.6 Å². The van der Waals surface area contributed by atoms with E-state index < -0.39 is 0 Å². The first kappa shape index (κ1) is 14.9. The summed E-state index contributed by atoms with van der Waals surface area (Å²) in [6.45, 7) is 12.5. The highest BCUT2D eigenvalue weighted by Crippen LogP contribution is 2.72. The highest BCUT2D eigenvalue weighted by atomic mass is 35.5. The van der Waals surface area contributed by atoms with E-state index in [-0.39, 0.29) is 6.04 Å². The molecule has 1 aromatic heterocycles. The molecule has 3 nitrogen and oxygen atoms in total. The van der Waals surface area contributed by atoms with Crippen molar-refractivity contribution in [3.05, 3.63) is 16.9 Å². The Hall–Kier alpha value is -0.540. The summed E-state index contributed by atoms with van der Waals surface area (Å²) in [5, 5.41) is 8.68. The maximum Gasteiger partial charge on any atom is 0.0834 e. The van der Waals surface area contributed by atoms with Gasteiger partial charge in [-0.05, 0) is 30.2 Å². The number of halogens is 1. The molecule has 2 rings (SSSR count). The summed E-state index contributed by atoms with van der Waals surface area (Å²) in [5.74, 6) is 0.579. The molecule has 0 amide bonds. The van der Waals surface area contributed by atoms with E-state index in [0.717, 1.165) is 23.7 Å². The van der Waals surface area contributed by atoms with E-state index in [4.69, 9.17) is 11.6 Å². The summed E-state index contributed by atoms with van der Waals surface area (Å²) >= 11 is 6.39. The number of rotatable bonds is 5. The molecule has 0 saturated heterocycles. The summed E-state index contributed by atoms with van der Waals surface area (Å²) in [6.07, 6.45) is 2.85. The molecule has 0 bridgehead atoms. The molecule has 1 aromatic rings. The van der Waals surface area contributed by atoms with Crippen molar-refractivity contribution in [1.29, 1.82) is 0 Å². The molecular formula is C15H26ClN3. The van der Waals surface area contributed by atoms with Crippen LogP contribution in [0.3, 0.4) is 0 Å². The second-order valence-corrected chi connectivity index (χ2v) is 7.20. The minimum Gasteiger partial charge on any atom is -0.311 e. The zero-order valence-electron chi connectivity index (χ0n) is 12.9. The third kappa shape index (κ3) is 2.11. The van der Waals surface area contributed by atoms with Gasteiger partial charge in [-0.1, -0.05) is 46.2 Å². The van der Waals surface area contributed by atoms with Gasteiger partial charge in [-0.3, -0.25) is 4.68 Å². The normalized spacial score (nSPS) is 22.5. The summed E-state index contributed by atoms with van der Waals surface area (Å²) in [5.41, 5.74) is 1.80. The molecule has 0 spiro atoms. The van der Waals surface area contributed by atoms with Crippen LogP contribution in [-0.4, -0.2) is 16.8 Å². The predicted molar refractivity (Wildman–Crippen MR) is 80.4 cm³/mol. The second-order valence-electron chi connectivity index (χ2n) is 6.79. The minimum absolute atomic E-state index is 0.270. The van der Waals surface area contributed by atoms with Gasteiger partial charge in [0.25, 0.3) is 0 Å². The standard InChI is InChI=1S/C15H26ClN3/c1-7-8-19-12(10(16)9-18-19)11(17-6)13-14(2,3)15(13,4)5/h9,11,13,17H,7-8H2,1-6H3. The largest absolute Gasteiger partial charge is 0.311 e. The quantitative estimate of drug-likeness (QED) is 0.888. The van der Waals surface area contributed by atoms with Gasteiger partial charge in [0.15, 0.2) is 0 Å². The van der Waals surface area contributed by atoms with Crippen LogP contribution in [0.25, 0.3) is 0 Å². The van der Waals surface area contributed by atoms with Crippen LogP contribution in [0, 0.1) is 16.7 Å². The summed E-state index contributed by atoms with van der Waals surface area (Å²) in [6, 6.07) is 0.270. The van der Waals surface area contributed by atoms with E-state index in [1.54, 1.807) is 6.20 Å². The van der Waals surface area contributed by atoms with Crippen LogP contribution in [0.15, 0.2) is 6.20 Å². The van der Waals surface area contributed by atoms with E-state index >= 15 is 0 Å². The molecule has 1 aliphatic carbocycles. The molecule has 0 aromatic carbocycles. The molecular weight excluding hydrogens is 258 g/mol.